The quantitative estimate of drug-likeness (QED) is 0.108. The SMILES string of the molecule is CCCCC(CC)COC1=CC(=O)/C(=c2/nc3nc(-c4ccnn4-c4ccccc4)[nH]c4n/c(=C5/C=CC(OCC(CC)CCCC)=CC5=O)[nH]c(n2)N34)C=C1. The fraction of sp³-hybridized carbons (Fsp3) is 0.372. The van der Waals surface area contributed by atoms with E-state index in [1.54, 1.807) is 40.1 Å². The number of nitrogens with one attached hydrogen (secondary N) is 2. The highest BCUT2D eigenvalue weighted by atomic mass is 16.5. The van der Waals surface area contributed by atoms with E-state index in [9.17, 15) is 9.59 Å². The molecule has 5 aliphatic rings. The van der Waals surface area contributed by atoms with Crippen LogP contribution in [0, 0.1) is 11.8 Å². The molecule has 1 aromatic carbocycles. The molecule has 2 aromatic rings. The van der Waals surface area contributed by atoms with Crippen molar-refractivity contribution < 1.29 is 19.1 Å². The minimum absolute atomic E-state index is 0.159. The number of aromatic amines is 2. The number of H-pyrrole nitrogens is 2. The summed E-state index contributed by atoms with van der Waals surface area (Å²) in [5.41, 5.74) is 2.52. The summed E-state index contributed by atoms with van der Waals surface area (Å²) in [5.74, 6) is 2.57. The highest BCUT2D eigenvalue weighted by Gasteiger charge is 2.30. The number of benzene rings is 1. The molecule has 2 atom stereocenters. The van der Waals surface area contributed by atoms with E-state index in [1.165, 1.54) is 12.2 Å². The fourth-order valence-corrected chi connectivity index (χ4v) is 6.79. The summed E-state index contributed by atoms with van der Waals surface area (Å²) in [6, 6.07) is 11.5. The van der Waals surface area contributed by atoms with Crippen molar-refractivity contribution in [3.05, 3.63) is 102 Å². The third-order valence-corrected chi connectivity index (χ3v) is 10.3. The molecule has 4 heterocycles. The van der Waals surface area contributed by atoms with E-state index in [4.69, 9.17) is 29.4 Å². The molecule has 2 N–H and O–H groups in total. The molecule has 0 saturated heterocycles. The molecule has 0 spiro atoms. The van der Waals surface area contributed by atoms with Crippen molar-refractivity contribution in [1.82, 2.24) is 39.7 Å². The number of para-hydroxylation sites is 1. The van der Waals surface area contributed by atoms with Crippen LogP contribution >= 0.6 is 0 Å². The first kappa shape index (κ1) is 38.2. The molecule has 0 radical (unpaired) electrons. The third kappa shape index (κ3) is 8.41. The Labute approximate surface area is 326 Å². The van der Waals surface area contributed by atoms with Gasteiger partial charge < -0.3 is 19.4 Å². The van der Waals surface area contributed by atoms with Crippen LogP contribution in [0.5, 0.6) is 0 Å². The summed E-state index contributed by atoms with van der Waals surface area (Å²) in [5, 5.41) is 4.55. The van der Waals surface area contributed by atoms with E-state index in [0.717, 1.165) is 57.1 Å². The molecular formula is C43H49N9O4. The zero-order chi connectivity index (χ0) is 39.0. The number of ketones is 2. The number of carbonyl (C=O) groups is 2. The molecule has 2 unspecified atom stereocenters. The van der Waals surface area contributed by atoms with Crippen LogP contribution in [-0.2, 0) is 19.1 Å². The monoisotopic (exact) mass is 755 g/mol. The minimum Gasteiger partial charge on any atom is -0.493 e. The number of unbranched alkanes of at least 4 members (excludes halogenated alkanes) is 2. The lowest BCUT2D eigenvalue weighted by Gasteiger charge is -2.26. The van der Waals surface area contributed by atoms with Gasteiger partial charge >= 0.3 is 0 Å². The predicted molar refractivity (Wildman–Crippen MR) is 215 cm³/mol. The largest absolute Gasteiger partial charge is 0.493 e. The zero-order valence-electron chi connectivity index (χ0n) is 32.5. The molecule has 0 amide bonds. The molecule has 56 heavy (non-hydrogen) atoms. The Kier molecular flexibility index (Phi) is 12.0. The number of hydrogen-bond donors (Lipinski definition) is 2. The van der Waals surface area contributed by atoms with Gasteiger partial charge in [-0.15, -0.1) is 0 Å². The first-order valence-electron chi connectivity index (χ1n) is 19.8. The van der Waals surface area contributed by atoms with Crippen LogP contribution in [0.1, 0.15) is 79.1 Å². The normalized spacial score (nSPS) is 17.7. The number of carbonyl (C=O) groups excluding carboxylic acids is 2. The van der Waals surface area contributed by atoms with Gasteiger partial charge in [-0.1, -0.05) is 84.4 Å². The second-order valence-corrected chi connectivity index (χ2v) is 14.2. The van der Waals surface area contributed by atoms with Crippen molar-refractivity contribution in [3.8, 4) is 17.2 Å². The van der Waals surface area contributed by atoms with E-state index in [0.29, 0.717) is 59.6 Å². The van der Waals surface area contributed by atoms with Gasteiger partial charge in [-0.05, 0) is 67.2 Å². The van der Waals surface area contributed by atoms with Gasteiger partial charge in [-0.3, -0.25) is 9.59 Å². The molecule has 290 valence electrons. The van der Waals surface area contributed by atoms with Crippen molar-refractivity contribution in [3.63, 3.8) is 0 Å². The van der Waals surface area contributed by atoms with Gasteiger partial charge in [0.05, 0.1) is 36.2 Å². The van der Waals surface area contributed by atoms with E-state index in [1.807, 2.05) is 36.4 Å². The molecular weight excluding hydrogens is 707 g/mol. The van der Waals surface area contributed by atoms with Gasteiger partial charge in [-0.2, -0.15) is 25.0 Å². The average molecular weight is 756 g/mol. The first-order valence-corrected chi connectivity index (χ1v) is 19.8. The summed E-state index contributed by atoms with van der Waals surface area (Å²) in [7, 11) is 0. The molecule has 0 saturated carbocycles. The van der Waals surface area contributed by atoms with Gasteiger partial charge in [0.15, 0.2) is 22.9 Å². The second kappa shape index (κ2) is 17.6. The van der Waals surface area contributed by atoms with E-state index >= 15 is 0 Å². The maximum atomic E-state index is 13.6. The number of allylic oxidation sites excluding steroid dienone is 6. The van der Waals surface area contributed by atoms with Crippen LogP contribution in [0.15, 0.2) is 90.6 Å². The maximum absolute atomic E-state index is 13.6. The summed E-state index contributed by atoms with van der Waals surface area (Å²) in [6.45, 7) is 9.79. The molecule has 3 aliphatic heterocycles. The van der Waals surface area contributed by atoms with Crippen LogP contribution in [0.3, 0.4) is 0 Å². The number of anilines is 3. The van der Waals surface area contributed by atoms with E-state index in [2.05, 4.69) is 42.8 Å². The Hall–Kier alpha value is -6.11. The lowest BCUT2D eigenvalue weighted by Crippen LogP contribution is -2.37. The Morgan fingerprint density at radius 2 is 1.32 bits per heavy atom. The summed E-state index contributed by atoms with van der Waals surface area (Å²) in [6.07, 6.45) is 20.4. The Morgan fingerprint density at radius 1 is 0.696 bits per heavy atom. The number of nitrogens with zero attached hydrogens (tertiary/aromatic N) is 7. The predicted octanol–water partition coefficient (Wildman–Crippen LogP) is 6.93. The Balaban J connectivity index is 1.30. The van der Waals surface area contributed by atoms with Gasteiger partial charge in [0.25, 0.3) is 0 Å². The lowest BCUT2D eigenvalue weighted by molar-refractivity contribution is -0.110. The number of hydrogen-bond acceptors (Lipinski definition) is 10. The Bertz CT molecular complexity index is 2220. The summed E-state index contributed by atoms with van der Waals surface area (Å²) in [4.78, 5) is 54.8. The van der Waals surface area contributed by atoms with Crippen LogP contribution in [-0.4, -0.2) is 64.5 Å². The summed E-state index contributed by atoms with van der Waals surface area (Å²) < 4.78 is 13.9. The van der Waals surface area contributed by atoms with Crippen molar-refractivity contribution >= 4 is 40.6 Å². The van der Waals surface area contributed by atoms with Crippen molar-refractivity contribution in [2.45, 2.75) is 79.1 Å². The molecule has 0 fully saturated rings. The molecule has 13 nitrogen and oxygen atoms in total. The van der Waals surface area contributed by atoms with Crippen molar-refractivity contribution in [2.75, 3.05) is 18.1 Å². The van der Waals surface area contributed by atoms with E-state index < -0.39 is 0 Å². The average Bonchev–Trinajstić information content (AvgIpc) is 3.72. The van der Waals surface area contributed by atoms with Crippen LogP contribution < -0.4 is 15.9 Å². The van der Waals surface area contributed by atoms with Crippen LogP contribution in [0.4, 0.5) is 17.8 Å². The standard InChI is InChI=1S/C43H49N9O4/c1-5-9-14-28(7-3)26-55-31-18-20-33(36(53)24-31)38-45-41-46-39(34-21-19-32(25-37(34)54)56-27-29(8-4)15-10-6-2)48-43-50-40(49-42(47-38)51(41)43)35-22-23-44-52(35)30-16-12-11-13-17-30/h11-13,16-25,28-29H,5-10,14-15,26-27H2,1-4H3,(H,45,46)(H,47,48,49,50)/b38-33-,39-34+. The van der Waals surface area contributed by atoms with Gasteiger partial charge in [-0.25, -0.2) is 9.58 Å². The number of rotatable bonds is 16. The Morgan fingerprint density at radius 3 is 1.93 bits per heavy atom. The highest BCUT2D eigenvalue weighted by molar-refractivity contribution is 6.25. The highest BCUT2D eigenvalue weighted by Crippen LogP contribution is 2.32. The van der Waals surface area contributed by atoms with E-state index in [-0.39, 0.29) is 40.0 Å². The number of aromatic nitrogens is 8. The second-order valence-electron chi connectivity index (χ2n) is 14.2. The maximum Gasteiger partial charge on any atom is 0.243 e. The van der Waals surface area contributed by atoms with Gasteiger partial charge in [0.1, 0.15) is 22.7 Å². The van der Waals surface area contributed by atoms with Gasteiger partial charge in [0.2, 0.25) is 17.8 Å². The zero-order valence-corrected chi connectivity index (χ0v) is 32.5. The first-order chi connectivity index (χ1) is 27.4. The summed E-state index contributed by atoms with van der Waals surface area (Å²) >= 11 is 0. The molecule has 0 bridgehead atoms. The minimum atomic E-state index is -0.284. The number of ether oxygens (including phenoxy) is 2. The molecule has 2 aliphatic carbocycles. The van der Waals surface area contributed by atoms with Crippen molar-refractivity contribution in [2.24, 2.45) is 11.8 Å². The van der Waals surface area contributed by atoms with Crippen LogP contribution in [0.2, 0.25) is 0 Å². The third-order valence-electron chi connectivity index (χ3n) is 10.3. The smallest absolute Gasteiger partial charge is 0.243 e. The molecule has 13 heteroatoms. The lowest BCUT2D eigenvalue weighted by atomic mass is 10.0. The molecule has 7 rings (SSSR count). The van der Waals surface area contributed by atoms with Crippen molar-refractivity contribution in [1.29, 1.82) is 0 Å². The van der Waals surface area contributed by atoms with Gasteiger partial charge in [0, 0.05) is 12.2 Å². The fourth-order valence-electron chi connectivity index (χ4n) is 6.79. The topological polar surface area (TPSA) is 157 Å². The van der Waals surface area contributed by atoms with Crippen LogP contribution in [0.25, 0.3) is 28.4 Å². The molecule has 1 aromatic heterocycles.